The van der Waals surface area contributed by atoms with Gasteiger partial charge in [0, 0.05) is 21.5 Å². The minimum Gasteiger partial charge on any atom is -0.463 e. The molecule has 3 heteroatoms. The topological polar surface area (TPSA) is 28.9 Å². The second-order valence-electron chi connectivity index (χ2n) is 4.91. The van der Waals surface area contributed by atoms with E-state index in [0.717, 1.165) is 38.5 Å². The molecule has 0 atom stereocenters. The zero-order valence-electron chi connectivity index (χ0n) is 11.1. The van der Waals surface area contributed by atoms with E-state index in [9.17, 15) is 0 Å². The lowest BCUT2D eigenvalue weighted by atomic mass is 10.0. The molecule has 0 saturated heterocycles. The van der Waals surface area contributed by atoms with Gasteiger partial charge in [-0.3, -0.25) is 0 Å². The van der Waals surface area contributed by atoms with Gasteiger partial charge in [-0.05, 0) is 35.9 Å². The van der Waals surface area contributed by atoms with E-state index in [2.05, 4.69) is 17.1 Å². The van der Waals surface area contributed by atoms with Gasteiger partial charge in [0.2, 0.25) is 0 Å². The lowest BCUT2D eigenvalue weighted by Gasteiger charge is -2.03. The van der Waals surface area contributed by atoms with Crippen LogP contribution in [-0.2, 0) is 0 Å². The molecule has 4 aromatic rings. The van der Waals surface area contributed by atoms with Crippen molar-refractivity contribution in [3.8, 4) is 22.6 Å². The van der Waals surface area contributed by atoms with E-state index in [1.807, 2.05) is 48.5 Å². The summed E-state index contributed by atoms with van der Waals surface area (Å²) in [5.74, 6) is 0.821. The Morgan fingerprint density at radius 2 is 1.76 bits per heavy atom. The molecule has 0 aliphatic rings. The second-order valence-corrected chi connectivity index (χ2v) is 5.34. The molecule has 0 fully saturated rings. The molecule has 4 rings (SSSR count). The first-order valence-corrected chi connectivity index (χ1v) is 7.11. The standard InChI is InChI=1S/C18H12ClNO/c19-13-8-9-15-14(11-13)17(12-5-2-1-3-6-12)18(20-15)16-7-4-10-21-16/h1-11,20H. The van der Waals surface area contributed by atoms with Crippen LogP contribution in [-0.4, -0.2) is 4.98 Å². The Morgan fingerprint density at radius 3 is 2.52 bits per heavy atom. The summed E-state index contributed by atoms with van der Waals surface area (Å²) in [6.45, 7) is 0. The molecule has 0 bridgehead atoms. The van der Waals surface area contributed by atoms with Gasteiger partial charge in [0.15, 0.2) is 5.76 Å². The van der Waals surface area contributed by atoms with Gasteiger partial charge >= 0.3 is 0 Å². The summed E-state index contributed by atoms with van der Waals surface area (Å²) in [6, 6.07) is 20.0. The van der Waals surface area contributed by atoms with Crippen molar-refractivity contribution in [2.24, 2.45) is 0 Å². The van der Waals surface area contributed by atoms with Crippen LogP contribution in [0.25, 0.3) is 33.5 Å². The number of furan rings is 1. The summed E-state index contributed by atoms with van der Waals surface area (Å²) < 4.78 is 5.58. The number of aromatic nitrogens is 1. The van der Waals surface area contributed by atoms with E-state index < -0.39 is 0 Å². The maximum Gasteiger partial charge on any atom is 0.150 e. The zero-order valence-corrected chi connectivity index (χ0v) is 11.9. The van der Waals surface area contributed by atoms with Crippen LogP contribution >= 0.6 is 11.6 Å². The summed E-state index contributed by atoms with van der Waals surface area (Å²) in [5, 5.41) is 1.82. The first-order valence-electron chi connectivity index (χ1n) is 6.73. The SMILES string of the molecule is Clc1ccc2[nH]c(-c3ccco3)c(-c3ccccc3)c2c1. The van der Waals surface area contributed by atoms with E-state index in [1.165, 1.54) is 0 Å². The first-order chi connectivity index (χ1) is 10.3. The minimum absolute atomic E-state index is 0.727. The zero-order chi connectivity index (χ0) is 14.2. The monoisotopic (exact) mass is 293 g/mol. The lowest BCUT2D eigenvalue weighted by molar-refractivity contribution is 0.581. The molecule has 0 aliphatic heterocycles. The maximum atomic E-state index is 6.17. The van der Waals surface area contributed by atoms with Crippen molar-refractivity contribution in [3.05, 3.63) is 71.9 Å². The second kappa shape index (κ2) is 4.83. The van der Waals surface area contributed by atoms with Crippen molar-refractivity contribution in [1.82, 2.24) is 4.98 Å². The van der Waals surface area contributed by atoms with Crippen molar-refractivity contribution >= 4 is 22.5 Å². The molecule has 2 aromatic heterocycles. The molecule has 102 valence electrons. The van der Waals surface area contributed by atoms with Crippen LogP contribution in [0.4, 0.5) is 0 Å². The third kappa shape index (κ3) is 2.05. The molecule has 0 unspecified atom stereocenters. The van der Waals surface area contributed by atoms with Crippen molar-refractivity contribution in [1.29, 1.82) is 0 Å². The quantitative estimate of drug-likeness (QED) is 0.501. The van der Waals surface area contributed by atoms with Gasteiger partial charge in [-0.15, -0.1) is 0 Å². The molecule has 2 aromatic carbocycles. The number of rotatable bonds is 2. The predicted molar refractivity (Wildman–Crippen MR) is 86.4 cm³/mol. The third-order valence-corrected chi connectivity index (χ3v) is 3.83. The third-order valence-electron chi connectivity index (χ3n) is 3.59. The van der Waals surface area contributed by atoms with E-state index >= 15 is 0 Å². The average Bonchev–Trinajstić information content (AvgIpc) is 3.14. The van der Waals surface area contributed by atoms with Gasteiger partial charge in [-0.2, -0.15) is 0 Å². The predicted octanol–water partition coefficient (Wildman–Crippen LogP) is 5.75. The molecule has 0 radical (unpaired) electrons. The molecule has 21 heavy (non-hydrogen) atoms. The van der Waals surface area contributed by atoms with Crippen molar-refractivity contribution in [2.75, 3.05) is 0 Å². The number of nitrogens with one attached hydrogen (secondary N) is 1. The summed E-state index contributed by atoms with van der Waals surface area (Å²) >= 11 is 6.17. The van der Waals surface area contributed by atoms with Gasteiger partial charge < -0.3 is 9.40 Å². The molecule has 0 amide bonds. The number of hydrogen-bond donors (Lipinski definition) is 1. The van der Waals surface area contributed by atoms with Crippen LogP contribution in [0.2, 0.25) is 5.02 Å². The Balaban J connectivity index is 2.09. The number of halogens is 1. The fourth-order valence-electron chi connectivity index (χ4n) is 2.67. The molecule has 0 saturated carbocycles. The van der Waals surface area contributed by atoms with Crippen LogP contribution < -0.4 is 0 Å². The maximum absolute atomic E-state index is 6.17. The Kier molecular flexibility index (Phi) is 2.83. The molecular weight excluding hydrogens is 282 g/mol. The molecule has 2 heterocycles. The van der Waals surface area contributed by atoms with Crippen LogP contribution in [0.1, 0.15) is 0 Å². The molecule has 1 N–H and O–H groups in total. The highest BCUT2D eigenvalue weighted by atomic mass is 35.5. The number of H-pyrrole nitrogens is 1. The van der Waals surface area contributed by atoms with Gasteiger partial charge in [-0.1, -0.05) is 41.9 Å². The normalized spacial score (nSPS) is 11.1. The molecule has 2 nitrogen and oxygen atoms in total. The Bertz CT molecular complexity index is 892. The van der Waals surface area contributed by atoms with E-state index in [4.69, 9.17) is 16.0 Å². The average molecular weight is 294 g/mol. The largest absolute Gasteiger partial charge is 0.463 e. The molecular formula is C18H12ClNO. The lowest BCUT2D eigenvalue weighted by Crippen LogP contribution is -1.80. The highest BCUT2D eigenvalue weighted by molar-refractivity contribution is 6.31. The number of aromatic amines is 1. The van der Waals surface area contributed by atoms with E-state index in [1.54, 1.807) is 6.26 Å². The Morgan fingerprint density at radius 1 is 0.905 bits per heavy atom. The van der Waals surface area contributed by atoms with Crippen LogP contribution in [0, 0.1) is 0 Å². The number of hydrogen-bond acceptors (Lipinski definition) is 1. The highest BCUT2D eigenvalue weighted by Gasteiger charge is 2.16. The van der Waals surface area contributed by atoms with Crippen LogP contribution in [0.15, 0.2) is 71.3 Å². The van der Waals surface area contributed by atoms with Crippen molar-refractivity contribution in [3.63, 3.8) is 0 Å². The van der Waals surface area contributed by atoms with Gasteiger partial charge in [-0.25, -0.2) is 0 Å². The van der Waals surface area contributed by atoms with Crippen molar-refractivity contribution in [2.45, 2.75) is 0 Å². The number of fused-ring (bicyclic) bond motifs is 1. The van der Waals surface area contributed by atoms with Gasteiger partial charge in [0.05, 0.1) is 12.0 Å². The highest BCUT2D eigenvalue weighted by Crippen LogP contribution is 2.39. The summed E-state index contributed by atoms with van der Waals surface area (Å²) in [7, 11) is 0. The minimum atomic E-state index is 0.727. The van der Waals surface area contributed by atoms with Crippen LogP contribution in [0.3, 0.4) is 0 Å². The fraction of sp³-hybridized carbons (Fsp3) is 0. The van der Waals surface area contributed by atoms with Crippen molar-refractivity contribution < 1.29 is 4.42 Å². The summed E-state index contributed by atoms with van der Waals surface area (Å²) in [6.07, 6.45) is 1.68. The van der Waals surface area contributed by atoms with E-state index in [0.29, 0.717) is 0 Å². The Labute approximate surface area is 127 Å². The molecule has 0 aliphatic carbocycles. The van der Waals surface area contributed by atoms with Gasteiger partial charge in [0.1, 0.15) is 0 Å². The van der Waals surface area contributed by atoms with E-state index in [-0.39, 0.29) is 0 Å². The Hall–Kier alpha value is -2.45. The molecule has 0 spiro atoms. The number of benzene rings is 2. The first kappa shape index (κ1) is 12.3. The smallest absolute Gasteiger partial charge is 0.150 e. The summed E-state index contributed by atoms with van der Waals surface area (Å²) in [4.78, 5) is 3.44. The van der Waals surface area contributed by atoms with Crippen LogP contribution in [0.5, 0.6) is 0 Å². The van der Waals surface area contributed by atoms with Gasteiger partial charge in [0.25, 0.3) is 0 Å². The summed E-state index contributed by atoms with van der Waals surface area (Å²) in [5.41, 5.74) is 4.27. The fourth-order valence-corrected chi connectivity index (χ4v) is 2.85.